The standard InChI is InChI=1S/C17H19IN2/c1-3-5-10-15-16(18)13-8-6-7-9-14(13)17-12(4-2)11-19-20(15)17/h6-9,11H,3-5,10H2,1-2H3. The molecule has 0 saturated carbocycles. The molecule has 2 heterocycles. The minimum absolute atomic E-state index is 1.03. The summed E-state index contributed by atoms with van der Waals surface area (Å²) in [7, 11) is 0. The maximum atomic E-state index is 4.67. The van der Waals surface area contributed by atoms with Crippen LogP contribution in [-0.2, 0) is 12.8 Å². The molecule has 0 fully saturated rings. The number of hydrogen-bond acceptors (Lipinski definition) is 1. The topological polar surface area (TPSA) is 17.3 Å². The Hall–Kier alpha value is -1.10. The number of aromatic nitrogens is 2. The van der Waals surface area contributed by atoms with Crippen LogP contribution in [0.3, 0.4) is 0 Å². The van der Waals surface area contributed by atoms with E-state index in [1.54, 1.807) is 0 Å². The summed E-state index contributed by atoms with van der Waals surface area (Å²) < 4.78 is 3.53. The second kappa shape index (κ2) is 5.72. The molecule has 0 bridgehead atoms. The normalized spacial score (nSPS) is 11.6. The van der Waals surface area contributed by atoms with Crippen molar-refractivity contribution in [2.75, 3.05) is 0 Å². The molecule has 0 aliphatic heterocycles. The summed E-state index contributed by atoms with van der Waals surface area (Å²) in [4.78, 5) is 0. The summed E-state index contributed by atoms with van der Waals surface area (Å²) in [5.74, 6) is 0. The minimum Gasteiger partial charge on any atom is -0.236 e. The lowest BCUT2D eigenvalue weighted by Crippen LogP contribution is -2.03. The molecule has 0 aliphatic carbocycles. The van der Waals surface area contributed by atoms with E-state index >= 15 is 0 Å². The van der Waals surface area contributed by atoms with Crippen LogP contribution in [0.15, 0.2) is 30.5 Å². The fraction of sp³-hybridized carbons (Fsp3) is 0.353. The zero-order valence-corrected chi connectivity index (χ0v) is 14.1. The van der Waals surface area contributed by atoms with E-state index in [4.69, 9.17) is 0 Å². The first-order valence-corrected chi connectivity index (χ1v) is 8.41. The first-order chi connectivity index (χ1) is 9.77. The Morgan fingerprint density at radius 1 is 1.15 bits per heavy atom. The smallest absolute Gasteiger partial charge is 0.0775 e. The van der Waals surface area contributed by atoms with Gasteiger partial charge in [0.05, 0.1) is 17.4 Å². The van der Waals surface area contributed by atoms with Crippen molar-refractivity contribution in [1.29, 1.82) is 0 Å². The fourth-order valence-electron chi connectivity index (χ4n) is 2.82. The number of fused-ring (bicyclic) bond motifs is 3. The first-order valence-electron chi connectivity index (χ1n) is 7.33. The minimum atomic E-state index is 1.03. The number of pyridine rings is 1. The predicted molar refractivity (Wildman–Crippen MR) is 93.4 cm³/mol. The quantitative estimate of drug-likeness (QED) is 0.585. The molecule has 0 spiro atoms. The number of unbranched alkanes of at least 4 members (excludes halogenated alkanes) is 1. The largest absolute Gasteiger partial charge is 0.236 e. The summed E-state index contributed by atoms with van der Waals surface area (Å²) in [6, 6.07) is 8.71. The van der Waals surface area contributed by atoms with E-state index in [0.717, 1.165) is 12.8 Å². The van der Waals surface area contributed by atoms with Gasteiger partial charge in [-0.25, -0.2) is 4.52 Å². The molecule has 3 rings (SSSR count). The Labute approximate surface area is 133 Å². The van der Waals surface area contributed by atoms with Gasteiger partial charge in [-0.3, -0.25) is 0 Å². The zero-order chi connectivity index (χ0) is 14.1. The van der Waals surface area contributed by atoms with Crippen molar-refractivity contribution >= 4 is 38.9 Å². The van der Waals surface area contributed by atoms with Gasteiger partial charge in [0.1, 0.15) is 0 Å². The zero-order valence-electron chi connectivity index (χ0n) is 12.0. The van der Waals surface area contributed by atoms with Crippen LogP contribution in [0.1, 0.15) is 37.9 Å². The number of aryl methyl sites for hydroxylation is 2. The van der Waals surface area contributed by atoms with Crippen molar-refractivity contribution in [1.82, 2.24) is 9.61 Å². The van der Waals surface area contributed by atoms with Gasteiger partial charge in [0.15, 0.2) is 0 Å². The highest BCUT2D eigenvalue weighted by atomic mass is 127. The molecule has 0 radical (unpaired) electrons. The van der Waals surface area contributed by atoms with Gasteiger partial charge in [0.25, 0.3) is 0 Å². The average molecular weight is 378 g/mol. The van der Waals surface area contributed by atoms with Crippen molar-refractivity contribution in [2.45, 2.75) is 39.5 Å². The lowest BCUT2D eigenvalue weighted by molar-refractivity contribution is 0.741. The van der Waals surface area contributed by atoms with Crippen molar-refractivity contribution in [2.24, 2.45) is 0 Å². The van der Waals surface area contributed by atoms with E-state index < -0.39 is 0 Å². The molecule has 2 aromatic heterocycles. The number of hydrogen-bond donors (Lipinski definition) is 0. The fourth-order valence-corrected chi connectivity index (χ4v) is 3.79. The average Bonchev–Trinajstić information content (AvgIpc) is 2.91. The van der Waals surface area contributed by atoms with Gasteiger partial charge in [0.2, 0.25) is 0 Å². The van der Waals surface area contributed by atoms with Gasteiger partial charge in [0, 0.05) is 8.96 Å². The lowest BCUT2D eigenvalue weighted by Gasteiger charge is -2.12. The summed E-state index contributed by atoms with van der Waals surface area (Å²) >= 11 is 2.49. The molecule has 0 unspecified atom stereocenters. The lowest BCUT2D eigenvalue weighted by atomic mass is 10.0. The Morgan fingerprint density at radius 2 is 1.90 bits per heavy atom. The molecule has 0 saturated heterocycles. The number of nitrogens with zero attached hydrogens (tertiary/aromatic N) is 2. The molecule has 104 valence electrons. The molecule has 1 aromatic carbocycles. The van der Waals surface area contributed by atoms with Gasteiger partial charge in [-0.1, -0.05) is 44.5 Å². The molecule has 0 N–H and O–H groups in total. The Bertz CT molecular complexity index is 758. The molecule has 20 heavy (non-hydrogen) atoms. The van der Waals surface area contributed by atoms with Gasteiger partial charge < -0.3 is 0 Å². The van der Waals surface area contributed by atoms with Crippen LogP contribution in [0, 0.1) is 3.57 Å². The van der Waals surface area contributed by atoms with Gasteiger partial charge in [-0.2, -0.15) is 5.10 Å². The molecule has 3 heteroatoms. The highest BCUT2D eigenvalue weighted by Gasteiger charge is 2.15. The first kappa shape index (κ1) is 13.9. The Kier molecular flexibility index (Phi) is 3.96. The summed E-state index contributed by atoms with van der Waals surface area (Å²) in [5, 5.41) is 7.35. The van der Waals surface area contributed by atoms with Crippen molar-refractivity contribution < 1.29 is 0 Å². The summed E-state index contributed by atoms with van der Waals surface area (Å²) in [6.07, 6.45) is 6.59. The van der Waals surface area contributed by atoms with E-state index in [1.807, 2.05) is 6.20 Å². The molecular formula is C17H19IN2. The van der Waals surface area contributed by atoms with E-state index in [2.05, 4.69) is 70.3 Å². The van der Waals surface area contributed by atoms with Crippen molar-refractivity contribution in [3.8, 4) is 0 Å². The third-order valence-corrected chi connectivity index (χ3v) is 5.12. The van der Waals surface area contributed by atoms with Crippen LogP contribution in [0.4, 0.5) is 0 Å². The second-order valence-electron chi connectivity index (χ2n) is 5.19. The molecule has 0 amide bonds. The SMILES string of the molecule is CCCCc1c(I)c2ccccc2c2c(CC)cnn12. The third kappa shape index (κ3) is 2.12. The van der Waals surface area contributed by atoms with Crippen LogP contribution in [0.5, 0.6) is 0 Å². The highest BCUT2D eigenvalue weighted by Crippen LogP contribution is 2.31. The van der Waals surface area contributed by atoms with Crippen LogP contribution in [0.2, 0.25) is 0 Å². The van der Waals surface area contributed by atoms with Crippen LogP contribution in [-0.4, -0.2) is 9.61 Å². The van der Waals surface area contributed by atoms with Crippen LogP contribution >= 0.6 is 22.6 Å². The third-order valence-electron chi connectivity index (χ3n) is 3.92. The van der Waals surface area contributed by atoms with Crippen molar-refractivity contribution in [3.05, 3.63) is 45.3 Å². The summed E-state index contributed by atoms with van der Waals surface area (Å²) in [5.41, 5.74) is 4.01. The number of benzene rings is 1. The molecule has 3 aromatic rings. The number of halogens is 1. The van der Waals surface area contributed by atoms with E-state index in [9.17, 15) is 0 Å². The second-order valence-corrected chi connectivity index (χ2v) is 6.27. The van der Waals surface area contributed by atoms with Crippen LogP contribution < -0.4 is 0 Å². The van der Waals surface area contributed by atoms with E-state index in [1.165, 1.54) is 44.0 Å². The van der Waals surface area contributed by atoms with E-state index in [-0.39, 0.29) is 0 Å². The monoisotopic (exact) mass is 378 g/mol. The molecule has 0 aliphatic rings. The van der Waals surface area contributed by atoms with Crippen LogP contribution in [0.25, 0.3) is 16.3 Å². The summed E-state index contributed by atoms with van der Waals surface area (Å²) in [6.45, 7) is 4.45. The Balaban J connectivity index is 2.41. The van der Waals surface area contributed by atoms with Gasteiger partial charge in [-0.05, 0) is 52.8 Å². The maximum Gasteiger partial charge on any atom is 0.0775 e. The maximum absolute atomic E-state index is 4.67. The number of rotatable bonds is 4. The van der Waals surface area contributed by atoms with Gasteiger partial charge in [-0.15, -0.1) is 0 Å². The Morgan fingerprint density at radius 3 is 2.60 bits per heavy atom. The predicted octanol–water partition coefficient (Wildman–Crippen LogP) is 5.00. The van der Waals surface area contributed by atoms with Crippen molar-refractivity contribution in [3.63, 3.8) is 0 Å². The highest BCUT2D eigenvalue weighted by molar-refractivity contribution is 14.1. The van der Waals surface area contributed by atoms with E-state index in [0.29, 0.717) is 0 Å². The van der Waals surface area contributed by atoms with Gasteiger partial charge >= 0.3 is 0 Å². The molecular weight excluding hydrogens is 359 g/mol. The molecule has 0 atom stereocenters. The molecule has 2 nitrogen and oxygen atoms in total.